The first kappa shape index (κ1) is 16.5. The van der Waals surface area contributed by atoms with Crippen molar-refractivity contribution in [3.05, 3.63) is 39.8 Å². The van der Waals surface area contributed by atoms with Crippen molar-refractivity contribution in [2.45, 2.75) is 52.2 Å². The molecule has 0 saturated heterocycles. The molecule has 120 valence electrons. The SMILES string of the molecule is CC(N=O)c1ccc2c(c1)CCN(C(=O)OC(C)(C)C)CC2. The van der Waals surface area contributed by atoms with Crippen LogP contribution in [-0.2, 0) is 17.6 Å². The number of hydrogen-bond acceptors (Lipinski definition) is 4. The second-order valence-corrected chi connectivity index (χ2v) is 6.78. The fourth-order valence-electron chi connectivity index (χ4n) is 2.57. The Morgan fingerprint density at radius 3 is 2.45 bits per heavy atom. The van der Waals surface area contributed by atoms with E-state index in [0.717, 1.165) is 18.4 Å². The maximum atomic E-state index is 12.2. The molecular weight excluding hydrogens is 280 g/mol. The van der Waals surface area contributed by atoms with Crippen molar-refractivity contribution in [3.8, 4) is 0 Å². The fourth-order valence-corrected chi connectivity index (χ4v) is 2.57. The third-order valence-corrected chi connectivity index (χ3v) is 3.82. The van der Waals surface area contributed by atoms with Gasteiger partial charge in [-0.25, -0.2) is 4.79 Å². The summed E-state index contributed by atoms with van der Waals surface area (Å²) >= 11 is 0. The van der Waals surface area contributed by atoms with Crippen LogP contribution in [0.25, 0.3) is 0 Å². The Bertz CT molecular complexity index is 564. The number of hydrogen-bond donors (Lipinski definition) is 0. The largest absolute Gasteiger partial charge is 0.444 e. The van der Waals surface area contributed by atoms with Crippen LogP contribution in [0, 0.1) is 4.91 Å². The first-order valence-corrected chi connectivity index (χ1v) is 7.72. The number of fused-ring (bicyclic) bond motifs is 1. The quantitative estimate of drug-likeness (QED) is 0.780. The van der Waals surface area contributed by atoms with Gasteiger partial charge in [-0.2, -0.15) is 4.91 Å². The van der Waals surface area contributed by atoms with E-state index in [1.54, 1.807) is 11.8 Å². The molecule has 1 amide bonds. The molecule has 0 aliphatic carbocycles. The highest BCUT2D eigenvalue weighted by Gasteiger charge is 2.24. The van der Waals surface area contributed by atoms with Gasteiger partial charge in [-0.1, -0.05) is 23.4 Å². The Morgan fingerprint density at radius 2 is 1.86 bits per heavy atom. The first-order chi connectivity index (χ1) is 10.3. The van der Waals surface area contributed by atoms with E-state index in [-0.39, 0.29) is 12.1 Å². The summed E-state index contributed by atoms with van der Waals surface area (Å²) in [6, 6.07) is 5.70. The molecule has 5 heteroatoms. The topological polar surface area (TPSA) is 59.0 Å². The molecule has 1 aliphatic heterocycles. The molecule has 0 N–H and O–H groups in total. The zero-order valence-electron chi connectivity index (χ0n) is 13.8. The smallest absolute Gasteiger partial charge is 0.410 e. The standard InChI is InChI=1S/C17H24N2O3/c1-12(18-21)14-6-5-13-7-9-19(10-8-15(13)11-14)16(20)22-17(2,3)4/h5-6,11-12H,7-10H2,1-4H3. The Morgan fingerprint density at radius 1 is 1.23 bits per heavy atom. The maximum Gasteiger partial charge on any atom is 0.410 e. The van der Waals surface area contributed by atoms with E-state index in [2.05, 4.69) is 5.18 Å². The summed E-state index contributed by atoms with van der Waals surface area (Å²) in [7, 11) is 0. The predicted molar refractivity (Wildman–Crippen MR) is 85.9 cm³/mol. The van der Waals surface area contributed by atoms with Crippen molar-refractivity contribution in [2.24, 2.45) is 5.18 Å². The lowest BCUT2D eigenvalue weighted by Gasteiger charge is -2.26. The highest BCUT2D eigenvalue weighted by molar-refractivity contribution is 5.68. The van der Waals surface area contributed by atoms with Crippen molar-refractivity contribution in [3.63, 3.8) is 0 Å². The van der Waals surface area contributed by atoms with Gasteiger partial charge in [-0.15, -0.1) is 0 Å². The fraction of sp³-hybridized carbons (Fsp3) is 0.588. The average Bonchev–Trinajstić information content (AvgIpc) is 2.66. The van der Waals surface area contributed by atoms with Crippen molar-refractivity contribution in [1.29, 1.82) is 0 Å². The Labute approximate surface area is 131 Å². The second-order valence-electron chi connectivity index (χ2n) is 6.78. The van der Waals surface area contributed by atoms with Crippen molar-refractivity contribution < 1.29 is 9.53 Å². The number of ether oxygens (including phenoxy) is 1. The molecule has 1 atom stereocenters. The van der Waals surface area contributed by atoms with Gasteiger partial charge >= 0.3 is 6.09 Å². The summed E-state index contributed by atoms with van der Waals surface area (Å²) in [6.45, 7) is 8.70. The Kier molecular flexibility index (Phi) is 4.84. The van der Waals surface area contributed by atoms with E-state index >= 15 is 0 Å². The molecule has 5 nitrogen and oxygen atoms in total. The summed E-state index contributed by atoms with van der Waals surface area (Å²) in [4.78, 5) is 24.6. The number of rotatable bonds is 2. The van der Waals surface area contributed by atoms with Gasteiger partial charge in [0.2, 0.25) is 0 Å². The number of nitroso groups, excluding NO2 is 1. The molecule has 1 heterocycles. The van der Waals surface area contributed by atoms with Crippen LogP contribution in [-0.4, -0.2) is 29.7 Å². The molecule has 1 aliphatic rings. The van der Waals surface area contributed by atoms with Gasteiger partial charge in [0.1, 0.15) is 11.6 Å². The first-order valence-electron chi connectivity index (χ1n) is 7.72. The van der Waals surface area contributed by atoms with Crippen molar-refractivity contribution in [1.82, 2.24) is 4.90 Å². The average molecular weight is 304 g/mol. The summed E-state index contributed by atoms with van der Waals surface area (Å²) < 4.78 is 5.44. The van der Waals surface area contributed by atoms with E-state index in [1.165, 1.54) is 11.1 Å². The highest BCUT2D eigenvalue weighted by atomic mass is 16.6. The van der Waals surface area contributed by atoms with Gasteiger partial charge in [-0.3, -0.25) is 0 Å². The van der Waals surface area contributed by atoms with Crippen LogP contribution in [0.3, 0.4) is 0 Å². The predicted octanol–water partition coefficient (Wildman–Crippen LogP) is 3.85. The Hall–Kier alpha value is -1.91. The molecule has 1 aromatic carbocycles. The van der Waals surface area contributed by atoms with E-state index < -0.39 is 5.60 Å². The molecule has 0 bridgehead atoms. The molecule has 0 spiro atoms. The monoisotopic (exact) mass is 304 g/mol. The number of benzene rings is 1. The number of carbonyl (C=O) groups excluding carboxylic acids is 1. The molecule has 1 aromatic rings. The summed E-state index contributed by atoms with van der Waals surface area (Å²) in [6.07, 6.45) is 1.31. The molecule has 1 unspecified atom stereocenters. The van der Waals surface area contributed by atoms with E-state index in [1.807, 2.05) is 39.0 Å². The molecule has 0 saturated carbocycles. The highest BCUT2D eigenvalue weighted by Crippen LogP contribution is 2.23. The van der Waals surface area contributed by atoms with Gasteiger partial charge in [0.25, 0.3) is 0 Å². The Balaban J connectivity index is 2.10. The van der Waals surface area contributed by atoms with E-state index in [4.69, 9.17) is 4.74 Å². The summed E-state index contributed by atoms with van der Waals surface area (Å²) in [5, 5.41) is 3.08. The van der Waals surface area contributed by atoms with Crippen LogP contribution in [0.15, 0.2) is 23.4 Å². The zero-order valence-corrected chi connectivity index (χ0v) is 13.8. The normalized spacial score (nSPS) is 16.5. The molecule has 0 aromatic heterocycles. The van der Waals surface area contributed by atoms with Gasteiger partial charge < -0.3 is 9.64 Å². The van der Waals surface area contributed by atoms with Gasteiger partial charge in [0, 0.05) is 13.1 Å². The van der Waals surface area contributed by atoms with Crippen molar-refractivity contribution >= 4 is 6.09 Å². The van der Waals surface area contributed by atoms with Crippen LogP contribution in [0.1, 0.15) is 50.4 Å². The minimum atomic E-state index is -0.478. The van der Waals surface area contributed by atoms with Crippen LogP contribution >= 0.6 is 0 Å². The minimum Gasteiger partial charge on any atom is -0.444 e. The molecule has 2 rings (SSSR count). The van der Waals surface area contributed by atoms with Crippen LogP contribution < -0.4 is 0 Å². The molecule has 22 heavy (non-hydrogen) atoms. The summed E-state index contributed by atoms with van der Waals surface area (Å²) in [5.74, 6) is 0. The van der Waals surface area contributed by atoms with Gasteiger partial charge in [0.15, 0.2) is 0 Å². The van der Waals surface area contributed by atoms with Gasteiger partial charge in [0.05, 0.1) is 0 Å². The lowest BCUT2D eigenvalue weighted by molar-refractivity contribution is 0.0258. The zero-order chi connectivity index (χ0) is 16.3. The lowest BCUT2D eigenvalue weighted by Crippen LogP contribution is -2.38. The minimum absolute atomic E-state index is 0.261. The molecular formula is C17H24N2O3. The van der Waals surface area contributed by atoms with Crippen LogP contribution in [0.2, 0.25) is 0 Å². The number of nitrogens with zero attached hydrogens (tertiary/aromatic N) is 2. The van der Waals surface area contributed by atoms with Crippen molar-refractivity contribution in [2.75, 3.05) is 13.1 Å². The lowest BCUT2D eigenvalue weighted by atomic mass is 9.98. The van der Waals surface area contributed by atoms with E-state index in [9.17, 15) is 9.70 Å². The number of carbonyl (C=O) groups is 1. The molecule has 0 radical (unpaired) electrons. The van der Waals surface area contributed by atoms with Gasteiger partial charge in [-0.05, 0) is 57.2 Å². The summed E-state index contributed by atoms with van der Waals surface area (Å²) in [5.41, 5.74) is 2.88. The molecule has 0 fully saturated rings. The third-order valence-electron chi connectivity index (χ3n) is 3.82. The number of amides is 1. The van der Waals surface area contributed by atoms with Crippen LogP contribution in [0.5, 0.6) is 0 Å². The van der Waals surface area contributed by atoms with Crippen LogP contribution in [0.4, 0.5) is 4.79 Å². The second kappa shape index (κ2) is 6.46. The maximum absolute atomic E-state index is 12.2. The third kappa shape index (κ3) is 4.06. The van der Waals surface area contributed by atoms with E-state index in [0.29, 0.717) is 13.1 Å².